The Bertz CT molecular complexity index is 1040. The predicted molar refractivity (Wildman–Crippen MR) is 104 cm³/mol. The van der Waals surface area contributed by atoms with E-state index in [1.807, 2.05) is 30.3 Å². The van der Waals surface area contributed by atoms with Gasteiger partial charge in [-0.25, -0.2) is 18.1 Å². The van der Waals surface area contributed by atoms with E-state index in [0.717, 1.165) is 5.56 Å². The fourth-order valence-electron chi connectivity index (χ4n) is 2.51. The summed E-state index contributed by atoms with van der Waals surface area (Å²) in [6.07, 6.45) is 1.56. The highest BCUT2D eigenvalue weighted by atomic mass is 32.2. The number of aromatic nitrogens is 1. The van der Waals surface area contributed by atoms with Gasteiger partial charge < -0.3 is 5.32 Å². The second kappa shape index (κ2) is 8.11. The van der Waals surface area contributed by atoms with Crippen molar-refractivity contribution in [2.45, 2.75) is 18.4 Å². The first-order valence-electron chi connectivity index (χ1n) is 8.32. The number of nitrogens with zero attached hydrogens (tertiary/aromatic N) is 1. The zero-order valence-corrected chi connectivity index (χ0v) is 15.5. The van der Waals surface area contributed by atoms with E-state index in [-0.39, 0.29) is 17.0 Å². The quantitative estimate of drug-likeness (QED) is 0.687. The van der Waals surface area contributed by atoms with Crippen molar-refractivity contribution >= 4 is 21.7 Å². The molecule has 2 N–H and O–H groups in total. The number of pyridine rings is 1. The zero-order chi connectivity index (χ0) is 19.3. The second-order valence-corrected chi connectivity index (χ2v) is 7.69. The first-order chi connectivity index (χ1) is 13.0. The summed E-state index contributed by atoms with van der Waals surface area (Å²) in [6, 6.07) is 19.0. The van der Waals surface area contributed by atoms with Gasteiger partial charge in [-0.15, -0.1) is 0 Å². The van der Waals surface area contributed by atoms with E-state index >= 15 is 0 Å². The lowest BCUT2D eigenvalue weighted by atomic mass is 10.1. The van der Waals surface area contributed by atoms with Gasteiger partial charge in [-0.05, 0) is 42.3 Å². The minimum atomic E-state index is -3.76. The van der Waals surface area contributed by atoms with Gasteiger partial charge in [0.25, 0.3) is 5.91 Å². The van der Waals surface area contributed by atoms with Crippen molar-refractivity contribution in [2.75, 3.05) is 5.32 Å². The summed E-state index contributed by atoms with van der Waals surface area (Å²) < 4.78 is 28.0. The number of sulfonamides is 1. The number of carbonyl (C=O) groups excluding carboxylic acids is 1. The van der Waals surface area contributed by atoms with Gasteiger partial charge in [-0.1, -0.05) is 42.5 Å². The number of rotatable bonds is 6. The number of nitrogens with one attached hydrogen (secondary N) is 2. The van der Waals surface area contributed by atoms with Crippen molar-refractivity contribution < 1.29 is 13.2 Å². The van der Waals surface area contributed by atoms with Crippen LogP contribution in [-0.2, 0) is 16.6 Å². The van der Waals surface area contributed by atoms with Crippen molar-refractivity contribution in [3.8, 4) is 0 Å². The smallest absolute Gasteiger partial charge is 0.256 e. The third kappa shape index (κ3) is 4.78. The number of amides is 1. The third-order valence-electron chi connectivity index (χ3n) is 3.96. The van der Waals surface area contributed by atoms with Crippen LogP contribution in [0.2, 0.25) is 0 Å². The Morgan fingerprint density at radius 3 is 2.44 bits per heavy atom. The molecular formula is C20H19N3O3S. The second-order valence-electron chi connectivity index (χ2n) is 5.96. The average Bonchev–Trinajstić information content (AvgIpc) is 2.68. The first kappa shape index (κ1) is 18.8. The van der Waals surface area contributed by atoms with E-state index in [4.69, 9.17) is 0 Å². The average molecular weight is 381 g/mol. The predicted octanol–water partition coefficient (Wildman–Crippen LogP) is 3.12. The van der Waals surface area contributed by atoms with Gasteiger partial charge in [0.2, 0.25) is 10.0 Å². The summed E-state index contributed by atoms with van der Waals surface area (Å²) in [5.74, 6) is -0.0251. The van der Waals surface area contributed by atoms with Gasteiger partial charge in [0.1, 0.15) is 5.82 Å². The molecule has 3 rings (SSSR count). The molecule has 0 atom stereocenters. The lowest BCUT2D eigenvalue weighted by Crippen LogP contribution is -2.24. The molecule has 0 spiro atoms. The Labute approximate surface area is 158 Å². The van der Waals surface area contributed by atoms with Gasteiger partial charge in [0.15, 0.2) is 0 Å². The summed E-state index contributed by atoms with van der Waals surface area (Å²) >= 11 is 0. The van der Waals surface area contributed by atoms with Crippen molar-refractivity contribution in [2.24, 2.45) is 0 Å². The van der Waals surface area contributed by atoms with Crippen LogP contribution in [0.25, 0.3) is 0 Å². The number of carbonyl (C=O) groups is 1. The highest BCUT2D eigenvalue weighted by molar-refractivity contribution is 7.89. The molecule has 0 fully saturated rings. The van der Waals surface area contributed by atoms with E-state index in [1.165, 1.54) is 6.07 Å². The molecule has 0 aliphatic rings. The normalized spacial score (nSPS) is 11.1. The lowest BCUT2D eigenvalue weighted by Gasteiger charge is -2.11. The van der Waals surface area contributed by atoms with Crippen molar-refractivity contribution in [1.29, 1.82) is 0 Å². The van der Waals surface area contributed by atoms with E-state index in [1.54, 1.807) is 43.5 Å². The topological polar surface area (TPSA) is 88.2 Å². The summed E-state index contributed by atoms with van der Waals surface area (Å²) in [5, 5.41) is 2.65. The first-order valence-corrected chi connectivity index (χ1v) is 9.81. The summed E-state index contributed by atoms with van der Waals surface area (Å²) in [5.41, 5.74) is 1.65. The van der Waals surface area contributed by atoms with Crippen molar-refractivity contribution in [3.05, 3.63) is 89.6 Å². The number of hydrogen-bond acceptors (Lipinski definition) is 4. The van der Waals surface area contributed by atoms with Crippen LogP contribution in [0.3, 0.4) is 0 Å². The zero-order valence-electron chi connectivity index (χ0n) is 14.7. The van der Waals surface area contributed by atoms with Crippen LogP contribution in [0, 0.1) is 6.92 Å². The molecule has 0 aliphatic carbocycles. The molecule has 1 aromatic heterocycles. The molecule has 0 saturated carbocycles. The van der Waals surface area contributed by atoms with Crippen LogP contribution in [0.5, 0.6) is 0 Å². The molecule has 1 amide bonds. The van der Waals surface area contributed by atoms with Crippen LogP contribution in [0.1, 0.15) is 21.5 Å². The molecule has 3 aromatic rings. The Hall–Kier alpha value is -3.03. The van der Waals surface area contributed by atoms with E-state index < -0.39 is 15.9 Å². The van der Waals surface area contributed by atoms with E-state index in [0.29, 0.717) is 11.4 Å². The Morgan fingerprint density at radius 1 is 1.00 bits per heavy atom. The van der Waals surface area contributed by atoms with Gasteiger partial charge in [-0.3, -0.25) is 4.79 Å². The third-order valence-corrected chi connectivity index (χ3v) is 5.50. The van der Waals surface area contributed by atoms with E-state index in [2.05, 4.69) is 15.0 Å². The highest BCUT2D eigenvalue weighted by Crippen LogP contribution is 2.18. The fourth-order valence-corrected chi connectivity index (χ4v) is 3.79. The van der Waals surface area contributed by atoms with Gasteiger partial charge in [0.05, 0.1) is 4.90 Å². The van der Waals surface area contributed by atoms with E-state index in [9.17, 15) is 13.2 Å². The molecule has 2 aromatic carbocycles. The van der Waals surface area contributed by atoms with Crippen LogP contribution in [-0.4, -0.2) is 19.3 Å². The standard InChI is InChI=1S/C20H19N3O3S/c1-15-10-11-17(20(24)23-19-9-5-6-12-21-19)13-18(15)27(25,26)22-14-16-7-3-2-4-8-16/h2-13,22H,14H2,1H3,(H,21,23,24). The molecule has 7 heteroatoms. The fraction of sp³-hybridized carbons (Fsp3) is 0.100. The highest BCUT2D eigenvalue weighted by Gasteiger charge is 2.19. The molecule has 1 heterocycles. The Kier molecular flexibility index (Phi) is 5.63. The largest absolute Gasteiger partial charge is 0.307 e. The van der Waals surface area contributed by atoms with Crippen molar-refractivity contribution in [3.63, 3.8) is 0 Å². The molecule has 138 valence electrons. The molecule has 0 aliphatic heterocycles. The molecular weight excluding hydrogens is 362 g/mol. The summed E-state index contributed by atoms with van der Waals surface area (Å²) in [4.78, 5) is 16.5. The monoisotopic (exact) mass is 381 g/mol. The minimum absolute atomic E-state index is 0.0760. The number of benzene rings is 2. The van der Waals surface area contributed by atoms with Crippen molar-refractivity contribution in [1.82, 2.24) is 9.71 Å². The molecule has 0 unspecified atom stereocenters. The number of hydrogen-bond donors (Lipinski definition) is 2. The Morgan fingerprint density at radius 2 is 1.74 bits per heavy atom. The SMILES string of the molecule is Cc1ccc(C(=O)Nc2ccccn2)cc1S(=O)(=O)NCc1ccccc1. The lowest BCUT2D eigenvalue weighted by molar-refractivity contribution is 0.102. The van der Waals surface area contributed by atoms with Gasteiger partial charge in [0, 0.05) is 18.3 Å². The van der Waals surface area contributed by atoms with Crippen LogP contribution in [0.4, 0.5) is 5.82 Å². The maximum atomic E-state index is 12.7. The minimum Gasteiger partial charge on any atom is -0.307 e. The molecule has 27 heavy (non-hydrogen) atoms. The molecule has 0 saturated heterocycles. The molecule has 0 radical (unpaired) electrons. The van der Waals surface area contributed by atoms with Gasteiger partial charge >= 0.3 is 0 Å². The van der Waals surface area contributed by atoms with Crippen LogP contribution in [0.15, 0.2) is 77.8 Å². The summed E-state index contributed by atoms with van der Waals surface area (Å²) in [6.45, 7) is 1.87. The molecule has 6 nitrogen and oxygen atoms in total. The maximum absolute atomic E-state index is 12.7. The van der Waals surface area contributed by atoms with Gasteiger partial charge in [-0.2, -0.15) is 0 Å². The Balaban J connectivity index is 1.80. The number of aryl methyl sites for hydroxylation is 1. The van der Waals surface area contributed by atoms with Crippen LogP contribution >= 0.6 is 0 Å². The maximum Gasteiger partial charge on any atom is 0.256 e. The number of anilines is 1. The molecule has 0 bridgehead atoms. The summed E-state index contributed by atoms with van der Waals surface area (Å²) in [7, 11) is -3.76. The van der Waals surface area contributed by atoms with Crippen LogP contribution < -0.4 is 10.0 Å².